The fraction of sp³-hybridized carbons (Fsp3) is 0.167. The Morgan fingerprint density at radius 2 is 1.85 bits per heavy atom. The molecule has 1 aromatic heterocycles. The van der Waals surface area contributed by atoms with E-state index in [1.807, 2.05) is 0 Å². The summed E-state index contributed by atoms with van der Waals surface area (Å²) < 4.78 is 56.1. The van der Waals surface area contributed by atoms with E-state index in [0.717, 1.165) is 0 Å². The zero-order valence-corrected chi connectivity index (χ0v) is 14.7. The minimum atomic E-state index is -3.80. The fourth-order valence-electron chi connectivity index (χ4n) is 2.63. The van der Waals surface area contributed by atoms with Crippen molar-refractivity contribution in [2.45, 2.75) is 11.8 Å². The lowest BCUT2D eigenvalue weighted by Crippen LogP contribution is -2.32. The number of sulfonamides is 1. The van der Waals surface area contributed by atoms with Crippen LogP contribution in [-0.4, -0.2) is 18.0 Å². The minimum Gasteiger partial charge on any atom is -0.336 e. The summed E-state index contributed by atoms with van der Waals surface area (Å²) in [6.07, 6.45) is 3.21. The SMILES string of the molecule is Cn1ccnc1[C@@H](NS(=O)(=O)Cc1ccc(F)cc1)c1cccc(F)c1. The summed E-state index contributed by atoms with van der Waals surface area (Å²) in [5.74, 6) is -0.814. The van der Waals surface area contributed by atoms with Crippen LogP contribution < -0.4 is 4.72 Å². The summed E-state index contributed by atoms with van der Waals surface area (Å²) in [5, 5.41) is 0. The molecule has 0 radical (unpaired) electrons. The second kappa shape index (κ2) is 7.35. The maximum absolute atomic E-state index is 13.6. The highest BCUT2D eigenvalue weighted by atomic mass is 32.2. The van der Waals surface area contributed by atoms with E-state index in [1.165, 1.54) is 48.7 Å². The number of hydrogen-bond acceptors (Lipinski definition) is 3. The van der Waals surface area contributed by atoms with Crippen LogP contribution in [0.4, 0.5) is 8.78 Å². The summed E-state index contributed by atoms with van der Waals surface area (Å²) in [4.78, 5) is 4.19. The Balaban J connectivity index is 1.92. The van der Waals surface area contributed by atoms with Gasteiger partial charge in [-0.05, 0) is 35.4 Å². The number of rotatable bonds is 6. The summed E-state index contributed by atoms with van der Waals surface area (Å²) >= 11 is 0. The Morgan fingerprint density at radius 1 is 1.12 bits per heavy atom. The number of benzene rings is 2. The van der Waals surface area contributed by atoms with Crippen LogP contribution in [0.15, 0.2) is 60.9 Å². The molecule has 0 bridgehead atoms. The van der Waals surface area contributed by atoms with Gasteiger partial charge in [0.1, 0.15) is 23.5 Å². The average molecular weight is 377 g/mol. The molecule has 5 nitrogen and oxygen atoms in total. The van der Waals surface area contributed by atoms with Gasteiger partial charge in [0.05, 0.1) is 5.75 Å². The standard InChI is InChI=1S/C18H17F2N3O2S/c1-23-10-9-21-18(23)17(14-3-2-4-16(20)11-14)22-26(24,25)12-13-5-7-15(19)8-6-13/h2-11,17,22H,12H2,1H3/t17-/m0/s1. The lowest BCUT2D eigenvalue weighted by Gasteiger charge is -2.19. The first-order valence-corrected chi connectivity index (χ1v) is 9.46. The number of nitrogens with one attached hydrogen (secondary N) is 1. The first kappa shape index (κ1) is 18.2. The summed E-state index contributed by atoms with van der Waals surface area (Å²) in [6, 6.07) is 10.1. The first-order valence-electron chi connectivity index (χ1n) is 7.81. The fourth-order valence-corrected chi connectivity index (χ4v) is 3.95. The van der Waals surface area contributed by atoms with Crippen molar-refractivity contribution >= 4 is 10.0 Å². The highest BCUT2D eigenvalue weighted by molar-refractivity contribution is 7.88. The van der Waals surface area contributed by atoms with Crippen molar-refractivity contribution in [3.05, 3.63) is 89.5 Å². The quantitative estimate of drug-likeness (QED) is 0.718. The molecule has 136 valence electrons. The summed E-state index contributed by atoms with van der Waals surface area (Å²) in [7, 11) is -2.07. The molecule has 0 spiro atoms. The third kappa shape index (κ3) is 4.33. The number of imidazole rings is 1. The molecule has 0 fully saturated rings. The molecule has 3 rings (SSSR count). The summed E-state index contributed by atoms with van der Waals surface area (Å²) in [5.41, 5.74) is 0.874. The smallest absolute Gasteiger partial charge is 0.216 e. The van der Waals surface area contributed by atoms with Crippen LogP contribution in [-0.2, 0) is 22.8 Å². The lowest BCUT2D eigenvalue weighted by atomic mass is 10.1. The maximum Gasteiger partial charge on any atom is 0.216 e. The number of halogens is 2. The number of aromatic nitrogens is 2. The lowest BCUT2D eigenvalue weighted by molar-refractivity contribution is 0.559. The van der Waals surface area contributed by atoms with E-state index >= 15 is 0 Å². The molecule has 0 aliphatic heterocycles. The topological polar surface area (TPSA) is 64.0 Å². The van der Waals surface area contributed by atoms with Crippen LogP contribution in [0, 0.1) is 11.6 Å². The Bertz CT molecular complexity index is 1000. The molecule has 0 amide bonds. The van der Waals surface area contributed by atoms with Crippen molar-refractivity contribution in [3.63, 3.8) is 0 Å². The van der Waals surface area contributed by atoms with E-state index in [4.69, 9.17) is 0 Å². The van der Waals surface area contributed by atoms with Crippen LogP contribution >= 0.6 is 0 Å². The van der Waals surface area contributed by atoms with Crippen LogP contribution in [0.25, 0.3) is 0 Å². The normalized spacial score (nSPS) is 12.9. The van der Waals surface area contributed by atoms with Crippen LogP contribution in [0.3, 0.4) is 0 Å². The van der Waals surface area contributed by atoms with E-state index in [-0.39, 0.29) is 5.75 Å². The van der Waals surface area contributed by atoms with E-state index in [9.17, 15) is 17.2 Å². The third-order valence-electron chi connectivity index (χ3n) is 3.87. The minimum absolute atomic E-state index is 0.330. The molecular formula is C18H17F2N3O2S. The van der Waals surface area contributed by atoms with Gasteiger partial charge >= 0.3 is 0 Å². The molecule has 0 aliphatic carbocycles. The molecular weight excluding hydrogens is 360 g/mol. The van der Waals surface area contributed by atoms with Crippen LogP contribution in [0.1, 0.15) is 23.0 Å². The highest BCUT2D eigenvalue weighted by Gasteiger charge is 2.25. The van der Waals surface area contributed by atoms with Crippen molar-refractivity contribution in [1.82, 2.24) is 14.3 Å². The number of hydrogen-bond donors (Lipinski definition) is 1. The Hall–Kier alpha value is -2.58. The van der Waals surface area contributed by atoms with Gasteiger partial charge in [0.15, 0.2) is 0 Å². The van der Waals surface area contributed by atoms with E-state index in [0.29, 0.717) is 17.0 Å². The van der Waals surface area contributed by atoms with Gasteiger partial charge in [-0.3, -0.25) is 0 Å². The number of aryl methyl sites for hydroxylation is 1. The highest BCUT2D eigenvalue weighted by Crippen LogP contribution is 2.23. The summed E-state index contributed by atoms with van der Waals surface area (Å²) in [6.45, 7) is 0. The molecule has 0 unspecified atom stereocenters. The molecule has 0 saturated heterocycles. The van der Waals surface area contributed by atoms with Gasteiger partial charge in [-0.25, -0.2) is 22.2 Å². The van der Waals surface area contributed by atoms with Gasteiger partial charge in [0, 0.05) is 19.4 Å². The van der Waals surface area contributed by atoms with Crippen molar-refractivity contribution in [3.8, 4) is 0 Å². The van der Waals surface area contributed by atoms with Crippen LogP contribution in [0.2, 0.25) is 0 Å². The van der Waals surface area contributed by atoms with Gasteiger partial charge < -0.3 is 4.57 Å². The van der Waals surface area contributed by atoms with E-state index in [1.54, 1.807) is 23.9 Å². The second-order valence-electron chi connectivity index (χ2n) is 5.89. The van der Waals surface area contributed by atoms with Crippen molar-refractivity contribution in [2.75, 3.05) is 0 Å². The monoisotopic (exact) mass is 377 g/mol. The average Bonchev–Trinajstić information content (AvgIpc) is 3.00. The van der Waals surface area contributed by atoms with Gasteiger partial charge in [-0.2, -0.15) is 4.72 Å². The molecule has 1 atom stereocenters. The van der Waals surface area contributed by atoms with Crippen LogP contribution in [0.5, 0.6) is 0 Å². The van der Waals surface area contributed by atoms with Gasteiger partial charge in [-0.15, -0.1) is 0 Å². The molecule has 26 heavy (non-hydrogen) atoms. The predicted molar refractivity (Wildman–Crippen MR) is 93.6 cm³/mol. The van der Waals surface area contributed by atoms with Gasteiger partial charge in [0.2, 0.25) is 10.0 Å². The molecule has 0 saturated carbocycles. The second-order valence-corrected chi connectivity index (χ2v) is 7.64. The first-order chi connectivity index (χ1) is 12.3. The zero-order chi connectivity index (χ0) is 18.7. The molecule has 0 aliphatic rings. The van der Waals surface area contributed by atoms with Crippen molar-refractivity contribution in [1.29, 1.82) is 0 Å². The molecule has 2 aromatic carbocycles. The van der Waals surface area contributed by atoms with E-state index in [2.05, 4.69) is 9.71 Å². The van der Waals surface area contributed by atoms with Gasteiger partial charge in [-0.1, -0.05) is 24.3 Å². The molecule has 1 heterocycles. The number of nitrogens with zero attached hydrogens (tertiary/aromatic N) is 2. The third-order valence-corrected chi connectivity index (χ3v) is 5.17. The van der Waals surface area contributed by atoms with Crippen molar-refractivity contribution < 1.29 is 17.2 Å². The van der Waals surface area contributed by atoms with Gasteiger partial charge in [0.25, 0.3) is 0 Å². The Morgan fingerprint density at radius 3 is 2.46 bits per heavy atom. The molecule has 1 N–H and O–H groups in total. The maximum atomic E-state index is 13.6. The molecule has 8 heteroatoms. The largest absolute Gasteiger partial charge is 0.336 e. The molecule has 3 aromatic rings. The zero-order valence-electron chi connectivity index (χ0n) is 13.9. The Kier molecular flexibility index (Phi) is 5.15. The van der Waals surface area contributed by atoms with E-state index < -0.39 is 27.7 Å². The Labute approximate surface area is 150 Å². The predicted octanol–water partition coefficient (Wildman–Crippen LogP) is 2.91. The van der Waals surface area contributed by atoms with Crippen molar-refractivity contribution in [2.24, 2.45) is 7.05 Å².